The first-order valence-corrected chi connectivity index (χ1v) is 4.30. The Morgan fingerprint density at radius 2 is 2.09 bits per heavy atom. The van der Waals surface area contributed by atoms with Gasteiger partial charge in [-0.3, -0.25) is 4.98 Å². The van der Waals surface area contributed by atoms with Crippen LogP contribution in [0.3, 0.4) is 0 Å². The van der Waals surface area contributed by atoms with Crippen LogP contribution in [-0.4, -0.2) is 9.18 Å². The molecule has 1 heterocycles. The van der Waals surface area contributed by atoms with Gasteiger partial charge in [-0.2, -0.15) is 0 Å². The highest BCUT2D eigenvalue weighted by Crippen LogP contribution is 1.98. The van der Waals surface area contributed by atoms with Gasteiger partial charge in [0, 0.05) is 6.20 Å². The summed E-state index contributed by atoms with van der Waals surface area (Å²) >= 11 is 8.72. The minimum absolute atomic E-state index is 0.538. The summed E-state index contributed by atoms with van der Waals surface area (Å²) in [7, 11) is 0. The Kier molecular flexibility index (Phi) is 6.07. The fraction of sp³-hybridized carbons (Fsp3) is 0.250. The average molecular weight is 185 g/mol. The first-order chi connectivity index (χ1) is 5.30. The van der Waals surface area contributed by atoms with Gasteiger partial charge in [0.2, 0.25) is 0 Å². The second-order valence-electron chi connectivity index (χ2n) is 1.52. The second kappa shape index (κ2) is 6.31. The topological polar surface area (TPSA) is 12.9 Å². The molecule has 0 amide bonds. The Hall–Kier alpha value is -0.410. The number of nitrogens with zero attached hydrogens (tertiary/aromatic N) is 1. The molecule has 11 heavy (non-hydrogen) atoms. The van der Waals surface area contributed by atoms with Crippen molar-refractivity contribution in [2.45, 2.75) is 13.8 Å². The van der Waals surface area contributed by atoms with Gasteiger partial charge in [0.25, 0.3) is 0 Å². The molecule has 0 saturated heterocycles. The van der Waals surface area contributed by atoms with E-state index in [4.69, 9.17) is 12.2 Å². The molecular weight excluding hydrogens is 174 g/mol. The largest absolute Gasteiger partial charge is 0.255 e. The van der Waals surface area contributed by atoms with E-state index in [9.17, 15) is 0 Å². The van der Waals surface area contributed by atoms with Gasteiger partial charge in [-0.05, 0) is 12.1 Å². The molecule has 0 bridgehead atoms. The molecule has 0 unspecified atom stereocenters. The van der Waals surface area contributed by atoms with Gasteiger partial charge in [0.05, 0.1) is 9.89 Å². The van der Waals surface area contributed by atoms with Crippen molar-refractivity contribution in [1.82, 2.24) is 4.98 Å². The highest BCUT2D eigenvalue weighted by Gasteiger charge is 1.91. The van der Waals surface area contributed by atoms with Gasteiger partial charge in [0.1, 0.15) is 0 Å². The quantitative estimate of drug-likeness (QED) is 0.533. The van der Waals surface area contributed by atoms with Crippen molar-refractivity contribution in [2.24, 2.45) is 0 Å². The van der Waals surface area contributed by atoms with Crippen molar-refractivity contribution < 1.29 is 0 Å². The molecule has 3 heteroatoms. The van der Waals surface area contributed by atoms with E-state index in [2.05, 4.69) is 17.6 Å². The molecule has 0 atom stereocenters. The van der Waals surface area contributed by atoms with Gasteiger partial charge in [-0.15, -0.1) is 12.6 Å². The first-order valence-electron chi connectivity index (χ1n) is 3.45. The van der Waals surface area contributed by atoms with E-state index in [1.54, 1.807) is 6.20 Å². The zero-order chi connectivity index (χ0) is 8.69. The summed E-state index contributed by atoms with van der Waals surface area (Å²) in [5.74, 6) is 0. The maximum absolute atomic E-state index is 4.76. The van der Waals surface area contributed by atoms with Gasteiger partial charge >= 0.3 is 0 Å². The van der Waals surface area contributed by atoms with E-state index in [0.29, 0.717) is 4.20 Å². The molecule has 0 aliphatic carbocycles. The SMILES string of the molecule is CC.S=C(S)c1ccccn1. The van der Waals surface area contributed by atoms with Crippen molar-refractivity contribution in [3.05, 3.63) is 30.1 Å². The second-order valence-corrected chi connectivity index (χ2v) is 2.68. The zero-order valence-electron chi connectivity index (χ0n) is 6.61. The predicted octanol–water partition coefficient (Wildman–Crippen LogP) is 2.71. The summed E-state index contributed by atoms with van der Waals surface area (Å²) in [5, 5.41) is 0. The number of pyridine rings is 1. The highest BCUT2D eigenvalue weighted by molar-refractivity contribution is 8.11. The van der Waals surface area contributed by atoms with Crippen molar-refractivity contribution in [3.63, 3.8) is 0 Å². The maximum atomic E-state index is 4.76. The zero-order valence-corrected chi connectivity index (χ0v) is 8.32. The number of aromatic nitrogens is 1. The number of rotatable bonds is 1. The smallest absolute Gasteiger partial charge is 0.0932 e. The summed E-state index contributed by atoms with van der Waals surface area (Å²) in [6.07, 6.45) is 1.69. The van der Waals surface area contributed by atoms with Crippen molar-refractivity contribution in [1.29, 1.82) is 0 Å². The minimum Gasteiger partial charge on any atom is -0.255 e. The van der Waals surface area contributed by atoms with Crippen LogP contribution >= 0.6 is 24.8 Å². The minimum atomic E-state index is 0.538. The van der Waals surface area contributed by atoms with Crippen molar-refractivity contribution in [2.75, 3.05) is 0 Å². The van der Waals surface area contributed by atoms with Gasteiger partial charge < -0.3 is 0 Å². The lowest BCUT2D eigenvalue weighted by Crippen LogP contribution is -1.88. The molecule has 1 nitrogen and oxygen atoms in total. The first kappa shape index (κ1) is 10.6. The molecule has 0 radical (unpaired) electrons. The number of thiocarbonyl (C=S) groups is 1. The van der Waals surface area contributed by atoms with E-state index in [-0.39, 0.29) is 0 Å². The number of thiol groups is 1. The predicted molar refractivity (Wildman–Crippen MR) is 56.3 cm³/mol. The van der Waals surface area contributed by atoms with Crippen LogP contribution in [0.25, 0.3) is 0 Å². The third kappa shape index (κ3) is 4.11. The summed E-state index contributed by atoms with van der Waals surface area (Å²) < 4.78 is 0.538. The Morgan fingerprint density at radius 1 is 1.45 bits per heavy atom. The summed E-state index contributed by atoms with van der Waals surface area (Å²) in [6.45, 7) is 4.00. The molecule has 60 valence electrons. The van der Waals surface area contributed by atoms with Gasteiger partial charge in [-0.25, -0.2) is 0 Å². The Labute approximate surface area is 78.3 Å². The van der Waals surface area contributed by atoms with Gasteiger partial charge in [-0.1, -0.05) is 32.1 Å². The van der Waals surface area contributed by atoms with Crippen LogP contribution in [0.1, 0.15) is 19.5 Å². The maximum Gasteiger partial charge on any atom is 0.0932 e. The normalized spacial score (nSPS) is 7.91. The van der Waals surface area contributed by atoms with Gasteiger partial charge in [0.15, 0.2) is 0 Å². The fourth-order valence-corrected chi connectivity index (χ4v) is 0.742. The van der Waals surface area contributed by atoms with Crippen molar-refractivity contribution >= 4 is 29.0 Å². The molecule has 1 rings (SSSR count). The van der Waals surface area contributed by atoms with Crippen LogP contribution in [0.15, 0.2) is 24.4 Å². The Balaban J connectivity index is 0.000000461. The lowest BCUT2D eigenvalue weighted by molar-refractivity contribution is 1.31. The van der Waals surface area contributed by atoms with E-state index >= 15 is 0 Å². The fourth-order valence-electron chi connectivity index (χ4n) is 0.489. The van der Waals surface area contributed by atoms with E-state index in [1.807, 2.05) is 32.0 Å². The molecule has 0 aromatic carbocycles. The molecule has 0 fully saturated rings. The van der Waals surface area contributed by atoms with Crippen LogP contribution in [0.4, 0.5) is 0 Å². The summed E-state index contributed by atoms with van der Waals surface area (Å²) in [4.78, 5) is 3.96. The number of hydrogen-bond donors (Lipinski definition) is 1. The van der Waals surface area contributed by atoms with E-state index in [1.165, 1.54) is 0 Å². The van der Waals surface area contributed by atoms with Crippen LogP contribution in [-0.2, 0) is 0 Å². The molecule has 0 spiro atoms. The molecule has 0 N–H and O–H groups in total. The van der Waals surface area contributed by atoms with Crippen LogP contribution < -0.4 is 0 Å². The summed E-state index contributed by atoms with van der Waals surface area (Å²) in [5.41, 5.74) is 0.760. The lowest BCUT2D eigenvalue weighted by Gasteiger charge is -1.90. The molecule has 1 aromatic rings. The van der Waals surface area contributed by atoms with Crippen molar-refractivity contribution in [3.8, 4) is 0 Å². The molecule has 0 aliphatic heterocycles. The van der Waals surface area contributed by atoms with Crippen LogP contribution in [0.5, 0.6) is 0 Å². The molecule has 0 aliphatic rings. The van der Waals surface area contributed by atoms with Crippen LogP contribution in [0, 0.1) is 0 Å². The highest BCUT2D eigenvalue weighted by atomic mass is 32.1. The number of hydrogen-bond acceptors (Lipinski definition) is 2. The Bertz CT molecular complexity index is 209. The monoisotopic (exact) mass is 185 g/mol. The van der Waals surface area contributed by atoms with E-state index in [0.717, 1.165) is 5.69 Å². The molecule has 1 aromatic heterocycles. The molecule has 0 saturated carbocycles. The van der Waals surface area contributed by atoms with Crippen LogP contribution in [0.2, 0.25) is 0 Å². The molecular formula is C8H11NS2. The summed E-state index contributed by atoms with van der Waals surface area (Å²) in [6, 6.07) is 5.55. The Morgan fingerprint density at radius 3 is 2.36 bits per heavy atom. The third-order valence-corrected chi connectivity index (χ3v) is 1.32. The van der Waals surface area contributed by atoms with E-state index < -0.39 is 0 Å². The lowest BCUT2D eigenvalue weighted by atomic mass is 10.4. The average Bonchev–Trinajstić information content (AvgIpc) is 2.10. The standard InChI is InChI=1S/C6H5NS2.C2H6/c8-6(9)5-3-1-2-4-7-5;1-2/h1-4H,(H,8,9);1-2H3. The third-order valence-electron chi connectivity index (χ3n) is 0.884.